The van der Waals surface area contributed by atoms with E-state index in [1.165, 1.54) is 0 Å². The van der Waals surface area contributed by atoms with Gasteiger partial charge in [0.25, 0.3) is 0 Å². The first kappa shape index (κ1) is 21.6. The fourth-order valence-electron chi connectivity index (χ4n) is 3.38. The van der Waals surface area contributed by atoms with Gasteiger partial charge in [-0.3, -0.25) is 9.89 Å². The molecule has 28 heavy (non-hydrogen) atoms. The summed E-state index contributed by atoms with van der Waals surface area (Å²) in [5.74, 6) is 3.59. The van der Waals surface area contributed by atoms with Crippen LogP contribution in [0.2, 0.25) is 5.02 Å². The molecule has 2 aliphatic heterocycles. The quantitative estimate of drug-likeness (QED) is 0.514. The van der Waals surface area contributed by atoms with E-state index in [9.17, 15) is 5.11 Å². The van der Waals surface area contributed by atoms with Crippen LogP contribution in [0.4, 0.5) is 0 Å². The minimum Gasteiger partial charge on any atom is -0.492 e. The van der Waals surface area contributed by atoms with Gasteiger partial charge in [-0.25, -0.2) is 0 Å². The topological polar surface area (TPSA) is 60.3 Å². The summed E-state index contributed by atoms with van der Waals surface area (Å²) in [6, 6.07) is 7.49. The van der Waals surface area contributed by atoms with Crippen molar-refractivity contribution in [3.05, 3.63) is 29.3 Å². The van der Waals surface area contributed by atoms with Gasteiger partial charge in [-0.2, -0.15) is 11.8 Å². The van der Waals surface area contributed by atoms with Gasteiger partial charge in [0.2, 0.25) is 0 Å². The van der Waals surface area contributed by atoms with Gasteiger partial charge in [-0.15, -0.1) is 0 Å². The Labute approximate surface area is 177 Å². The lowest BCUT2D eigenvalue weighted by Crippen LogP contribution is -2.53. The summed E-state index contributed by atoms with van der Waals surface area (Å²) in [6.45, 7) is 8.79. The number of aliphatic hydroxyl groups is 1. The number of ether oxygens (including phenoxy) is 1. The van der Waals surface area contributed by atoms with Gasteiger partial charge in [0, 0.05) is 50.0 Å². The Morgan fingerprint density at radius 2 is 2.04 bits per heavy atom. The van der Waals surface area contributed by atoms with Crippen LogP contribution < -0.4 is 10.1 Å². The molecule has 0 saturated carbocycles. The standard InChI is InChI=1S/C20H31ClN4O2S/c1-2-22-19(23-15-20(26)7-14-28-16-20)25-10-8-24(9-11-25)12-13-27-18-5-3-17(21)4-6-18/h3-6,26H,2,7-16H2,1H3,(H,22,23). The van der Waals surface area contributed by atoms with Crippen LogP contribution in [0.3, 0.4) is 0 Å². The molecule has 156 valence electrons. The molecule has 2 heterocycles. The summed E-state index contributed by atoms with van der Waals surface area (Å²) >= 11 is 7.71. The van der Waals surface area contributed by atoms with Crippen molar-refractivity contribution in [2.24, 2.45) is 4.99 Å². The molecule has 0 aliphatic carbocycles. The van der Waals surface area contributed by atoms with E-state index in [2.05, 4.69) is 22.0 Å². The fraction of sp³-hybridized carbons (Fsp3) is 0.650. The lowest BCUT2D eigenvalue weighted by Gasteiger charge is -2.36. The van der Waals surface area contributed by atoms with Gasteiger partial charge < -0.3 is 20.1 Å². The Morgan fingerprint density at radius 1 is 1.29 bits per heavy atom. The summed E-state index contributed by atoms with van der Waals surface area (Å²) in [5.41, 5.74) is -0.633. The number of guanidine groups is 1. The number of hydrogen-bond acceptors (Lipinski definition) is 5. The lowest BCUT2D eigenvalue weighted by molar-refractivity contribution is 0.0772. The minimum atomic E-state index is -0.633. The SMILES string of the molecule is CCNC(=NCC1(O)CCSC1)N1CCN(CCOc2ccc(Cl)cc2)CC1. The van der Waals surface area contributed by atoms with Crippen molar-refractivity contribution < 1.29 is 9.84 Å². The maximum atomic E-state index is 10.6. The molecule has 0 amide bonds. The zero-order chi connectivity index (χ0) is 19.8. The molecule has 0 spiro atoms. The Hall–Kier alpha value is -1.15. The van der Waals surface area contributed by atoms with E-state index in [1.807, 2.05) is 36.0 Å². The summed E-state index contributed by atoms with van der Waals surface area (Å²) in [5, 5.41) is 14.7. The third kappa shape index (κ3) is 6.44. The molecule has 0 radical (unpaired) electrons. The average Bonchev–Trinajstić information content (AvgIpc) is 3.14. The van der Waals surface area contributed by atoms with Crippen LogP contribution in [0.15, 0.2) is 29.3 Å². The number of rotatable bonds is 7. The zero-order valence-electron chi connectivity index (χ0n) is 16.6. The van der Waals surface area contributed by atoms with Gasteiger partial charge in [-0.05, 0) is 43.4 Å². The lowest BCUT2D eigenvalue weighted by atomic mass is 10.0. The highest BCUT2D eigenvalue weighted by molar-refractivity contribution is 7.99. The van der Waals surface area contributed by atoms with Crippen LogP contribution in [0, 0.1) is 0 Å². The maximum Gasteiger partial charge on any atom is 0.194 e. The van der Waals surface area contributed by atoms with Gasteiger partial charge in [0.15, 0.2) is 5.96 Å². The largest absolute Gasteiger partial charge is 0.492 e. The van der Waals surface area contributed by atoms with Crippen LogP contribution in [0.25, 0.3) is 0 Å². The molecule has 2 N–H and O–H groups in total. The Bertz CT molecular complexity index is 630. The first-order valence-electron chi connectivity index (χ1n) is 10.0. The summed E-state index contributed by atoms with van der Waals surface area (Å²) in [6.07, 6.45) is 0.835. The average molecular weight is 427 g/mol. The molecule has 8 heteroatoms. The van der Waals surface area contributed by atoms with Crippen molar-refractivity contribution in [1.29, 1.82) is 0 Å². The number of thioether (sulfide) groups is 1. The van der Waals surface area contributed by atoms with E-state index in [0.717, 1.165) is 73.9 Å². The number of aliphatic imine (C=N–C) groups is 1. The number of hydrogen-bond donors (Lipinski definition) is 2. The van der Waals surface area contributed by atoms with E-state index < -0.39 is 5.60 Å². The highest BCUT2D eigenvalue weighted by Crippen LogP contribution is 2.28. The van der Waals surface area contributed by atoms with Crippen molar-refractivity contribution >= 4 is 29.3 Å². The van der Waals surface area contributed by atoms with Gasteiger partial charge in [0.1, 0.15) is 12.4 Å². The van der Waals surface area contributed by atoms with Crippen molar-refractivity contribution in [2.45, 2.75) is 18.9 Å². The van der Waals surface area contributed by atoms with Gasteiger partial charge in [-0.1, -0.05) is 11.6 Å². The number of nitrogens with zero attached hydrogens (tertiary/aromatic N) is 3. The zero-order valence-corrected chi connectivity index (χ0v) is 18.1. The Morgan fingerprint density at radius 3 is 2.68 bits per heavy atom. The van der Waals surface area contributed by atoms with E-state index in [4.69, 9.17) is 21.3 Å². The van der Waals surface area contributed by atoms with Gasteiger partial charge >= 0.3 is 0 Å². The molecule has 1 unspecified atom stereocenters. The van der Waals surface area contributed by atoms with Crippen molar-refractivity contribution in [2.75, 3.05) is 63.9 Å². The molecule has 3 rings (SSSR count). The number of nitrogens with one attached hydrogen (secondary N) is 1. The smallest absolute Gasteiger partial charge is 0.194 e. The summed E-state index contributed by atoms with van der Waals surface area (Å²) in [4.78, 5) is 9.45. The number of benzene rings is 1. The molecular weight excluding hydrogens is 396 g/mol. The van der Waals surface area contributed by atoms with Gasteiger partial charge in [0.05, 0.1) is 12.1 Å². The Balaban J connectivity index is 1.42. The van der Waals surface area contributed by atoms with E-state index in [-0.39, 0.29) is 0 Å². The third-order valence-corrected chi connectivity index (χ3v) is 6.59. The van der Waals surface area contributed by atoms with Crippen LogP contribution in [-0.4, -0.2) is 90.4 Å². The fourth-order valence-corrected chi connectivity index (χ4v) is 4.79. The van der Waals surface area contributed by atoms with Crippen molar-refractivity contribution in [3.63, 3.8) is 0 Å². The number of halogens is 1. The third-order valence-electron chi connectivity index (χ3n) is 5.10. The molecule has 2 saturated heterocycles. The second kappa shape index (κ2) is 10.6. The molecule has 1 aromatic rings. The molecule has 2 aliphatic rings. The minimum absolute atomic E-state index is 0.484. The molecule has 1 atom stereocenters. The monoisotopic (exact) mass is 426 g/mol. The van der Waals surface area contributed by atoms with E-state index in [0.29, 0.717) is 13.2 Å². The first-order valence-corrected chi connectivity index (χ1v) is 11.6. The highest BCUT2D eigenvalue weighted by Gasteiger charge is 2.32. The maximum absolute atomic E-state index is 10.6. The predicted molar refractivity (Wildman–Crippen MR) is 118 cm³/mol. The molecule has 0 bridgehead atoms. The Kier molecular flexibility index (Phi) is 8.14. The van der Waals surface area contributed by atoms with E-state index in [1.54, 1.807) is 0 Å². The van der Waals surface area contributed by atoms with Crippen LogP contribution >= 0.6 is 23.4 Å². The van der Waals surface area contributed by atoms with Crippen molar-refractivity contribution in [3.8, 4) is 5.75 Å². The van der Waals surface area contributed by atoms with E-state index >= 15 is 0 Å². The molecule has 6 nitrogen and oxygen atoms in total. The normalized spacial score (nSPS) is 23.8. The summed E-state index contributed by atoms with van der Waals surface area (Å²) < 4.78 is 5.80. The molecule has 2 fully saturated rings. The second-order valence-corrected chi connectivity index (χ2v) is 8.87. The number of piperazine rings is 1. The molecule has 0 aromatic heterocycles. The van der Waals surface area contributed by atoms with Crippen LogP contribution in [0.5, 0.6) is 5.75 Å². The van der Waals surface area contributed by atoms with Crippen molar-refractivity contribution in [1.82, 2.24) is 15.1 Å². The first-order chi connectivity index (χ1) is 13.6. The predicted octanol–water partition coefficient (Wildman–Crippen LogP) is 2.17. The van der Waals surface area contributed by atoms with Crippen LogP contribution in [0.1, 0.15) is 13.3 Å². The second-order valence-electron chi connectivity index (χ2n) is 7.33. The highest BCUT2D eigenvalue weighted by atomic mass is 35.5. The molecular formula is C20H31ClN4O2S. The summed E-state index contributed by atoms with van der Waals surface area (Å²) in [7, 11) is 0. The molecule has 1 aromatic carbocycles. The van der Waals surface area contributed by atoms with Crippen LogP contribution in [-0.2, 0) is 0 Å².